The molecule has 1 amide bonds. The summed E-state index contributed by atoms with van der Waals surface area (Å²) in [5.41, 5.74) is 0.626. The van der Waals surface area contributed by atoms with Crippen molar-refractivity contribution in [3.05, 3.63) is 42.0 Å². The van der Waals surface area contributed by atoms with E-state index >= 15 is 0 Å². The summed E-state index contributed by atoms with van der Waals surface area (Å²) in [4.78, 5) is 17.7. The van der Waals surface area contributed by atoms with Crippen LogP contribution in [0, 0.1) is 17.7 Å². The molecule has 1 aromatic heterocycles. The fraction of sp³-hybridized carbons (Fsp3) is 0.500. The van der Waals surface area contributed by atoms with Crippen LogP contribution in [0.25, 0.3) is 0 Å². The number of fused-ring (bicyclic) bond motifs is 2. The van der Waals surface area contributed by atoms with Gasteiger partial charge >= 0.3 is 6.03 Å². The Hall–Kier alpha value is -2.29. The molecule has 1 heterocycles. The van der Waals surface area contributed by atoms with Gasteiger partial charge in [0.25, 0.3) is 5.16 Å². The molecule has 7 nitrogen and oxygen atoms in total. The molecule has 27 heavy (non-hydrogen) atoms. The average molecular weight is 392 g/mol. The maximum absolute atomic E-state index is 13.3. The lowest BCUT2D eigenvalue weighted by atomic mass is 10.0. The Bertz CT molecular complexity index is 974. The maximum Gasteiger partial charge on any atom is 0.346 e. The van der Waals surface area contributed by atoms with Crippen LogP contribution >= 0.6 is 0 Å². The van der Waals surface area contributed by atoms with Crippen LogP contribution in [0.15, 0.2) is 35.7 Å². The van der Waals surface area contributed by atoms with Crippen molar-refractivity contribution in [1.82, 2.24) is 19.7 Å². The Morgan fingerprint density at radius 2 is 2.15 bits per heavy atom. The van der Waals surface area contributed by atoms with Crippen molar-refractivity contribution in [3.8, 4) is 0 Å². The fourth-order valence-electron chi connectivity index (χ4n) is 4.32. The molecule has 2 aromatic rings. The third kappa shape index (κ3) is 3.36. The standard InChI is InChI=1S/C18H21FN4O3S/c1-22(10-13-3-2-4-15(19)8-13)18(24)23-11-20-17(21-23)27(25,26)16-9-12-5-6-14(16)7-12/h2-4,8,11-12,14,16H,5-7,9-10H2,1H3/t12-,14+,16+/m0/s1. The van der Waals surface area contributed by atoms with Crippen LogP contribution in [0.1, 0.15) is 31.2 Å². The van der Waals surface area contributed by atoms with E-state index in [2.05, 4.69) is 10.1 Å². The van der Waals surface area contributed by atoms with Gasteiger partial charge in [-0.1, -0.05) is 18.6 Å². The van der Waals surface area contributed by atoms with E-state index in [-0.39, 0.29) is 23.4 Å². The molecule has 2 aliphatic carbocycles. The third-order valence-corrected chi connectivity index (χ3v) is 7.70. The van der Waals surface area contributed by atoms with Gasteiger partial charge in [-0.2, -0.15) is 4.68 Å². The number of carbonyl (C=O) groups excluding carboxylic acids is 1. The molecule has 0 aliphatic heterocycles. The first-order chi connectivity index (χ1) is 12.8. The Kier molecular flexibility index (Phi) is 4.49. The van der Waals surface area contributed by atoms with Crippen LogP contribution in [0.5, 0.6) is 0 Å². The molecular weight excluding hydrogens is 371 g/mol. The van der Waals surface area contributed by atoms with Gasteiger partial charge in [0.1, 0.15) is 12.1 Å². The summed E-state index contributed by atoms with van der Waals surface area (Å²) in [5, 5.41) is 3.22. The zero-order chi connectivity index (χ0) is 19.2. The lowest BCUT2D eigenvalue weighted by molar-refractivity contribution is 0.205. The number of halogens is 1. The lowest BCUT2D eigenvalue weighted by Crippen LogP contribution is -2.32. The van der Waals surface area contributed by atoms with Crippen LogP contribution in [0.4, 0.5) is 9.18 Å². The van der Waals surface area contributed by atoms with Gasteiger partial charge in [-0.3, -0.25) is 0 Å². The summed E-state index contributed by atoms with van der Waals surface area (Å²) in [6, 6.07) is 5.42. The van der Waals surface area contributed by atoms with Gasteiger partial charge in [-0.25, -0.2) is 22.6 Å². The zero-order valence-electron chi connectivity index (χ0n) is 15.0. The van der Waals surface area contributed by atoms with Crippen LogP contribution in [-0.2, 0) is 16.4 Å². The Morgan fingerprint density at radius 3 is 2.81 bits per heavy atom. The average Bonchev–Trinajstić information content (AvgIpc) is 3.37. The molecule has 1 aromatic carbocycles. The number of amides is 1. The van der Waals surface area contributed by atoms with Gasteiger partial charge in [0.15, 0.2) is 0 Å². The number of hydrogen-bond acceptors (Lipinski definition) is 5. The highest BCUT2D eigenvalue weighted by Crippen LogP contribution is 2.48. The van der Waals surface area contributed by atoms with Crippen molar-refractivity contribution in [2.75, 3.05) is 7.05 Å². The minimum absolute atomic E-state index is 0.172. The van der Waals surface area contributed by atoms with E-state index in [0.29, 0.717) is 17.9 Å². The molecule has 2 bridgehead atoms. The van der Waals surface area contributed by atoms with Crippen molar-refractivity contribution in [3.63, 3.8) is 0 Å². The first-order valence-electron chi connectivity index (χ1n) is 9.00. The van der Waals surface area contributed by atoms with Gasteiger partial charge in [-0.05, 0) is 48.8 Å². The van der Waals surface area contributed by atoms with Crippen molar-refractivity contribution < 1.29 is 17.6 Å². The van der Waals surface area contributed by atoms with Crippen LogP contribution in [0.3, 0.4) is 0 Å². The predicted molar refractivity (Wildman–Crippen MR) is 95.1 cm³/mol. The Morgan fingerprint density at radius 1 is 1.33 bits per heavy atom. The highest BCUT2D eigenvalue weighted by molar-refractivity contribution is 7.91. The largest absolute Gasteiger partial charge is 0.346 e. The van der Waals surface area contributed by atoms with Crippen molar-refractivity contribution in [2.24, 2.45) is 11.8 Å². The first kappa shape index (κ1) is 18.1. The first-order valence-corrected chi connectivity index (χ1v) is 10.5. The molecule has 4 rings (SSSR count). The number of carbonyl (C=O) groups is 1. The molecule has 144 valence electrons. The summed E-state index contributed by atoms with van der Waals surface area (Å²) in [6.07, 6.45) is 4.78. The molecule has 3 atom stereocenters. The molecule has 9 heteroatoms. The van der Waals surface area contributed by atoms with Crippen LogP contribution < -0.4 is 0 Å². The van der Waals surface area contributed by atoms with Crippen molar-refractivity contribution in [2.45, 2.75) is 42.6 Å². The molecule has 0 radical (unpaired) electrons. The smallest absolute Gasteiger partial charge is 0.322 e. The second-order valence-electron chi connectivity index (χ2n) is 7.50. The fourth-order valence-corrected chi connectivity index (χ4v) is 6.27. The van der Waals surface area contributed by atoms with Crippen molar-refractivity contribution in [1.29, 1.82) is 0 Å². The van der Waals surface area contributed by atoms with Crippen molar-refractivity contribution >= 4 is 15.9 Å². The summed E-state index contributed by atoms with van der Waals surface area (Å²) < 4.78 is 39.9. The number of rotatable bonds is 4. The van der Waals surface area contributed by atoms with E-state index in [4.69, 9.17) is 0 Å². The van der Waals surface area contributed by atoms with Crippen LogP contribution in [0.2, 0.25) is 0 Å². The second kappa shape index (κ2) is 6.70. The van der Waals surface area contributed by atoms with E-state index in [9.17, 15) is 17.6 Å². The summed E-state index contributed by atoms with van der Waals surface area (Å²) in [6.45, 7) is 0.172. The minimum Gasteiger partial charge on any atom is -0.322 e. The van der Waals surface area contributed by atoms with E-state index in [0.717, 1.165) is 30.3 Å². The number of nitrogens with zero attached hydrogens (tertiary/aromatic N) is 4. The highest BCUT2D eigenvalue weighted by atomic mass is 32.2. The molecule has 2 saturated carbocycles. The number of sulfone groups is 1. The van der Waals surface area contributed by atoms with Gasteiger partial charge in [0, 0.05) is 13.6 Å². The SMILES string of the molecule is CN(Cc1cccc(F)c1)C(=O)n1cnc(S(=O)(=O)[C@@H]2C[C@H]3CC[C@@H]2C3)n1. The molecule has 0 unspecified atom stereocenters. The normalized spacial score (nSPS) is 24.3. The van der Waals surface area contributed by atoms with Gasteiger partial charge < -0.3 is 4.90 Å². The highest BCUT2D eigenvalue weighted by Gasteiger charge is 2.47. The topological polar surface area (TPSA) is 85.2 Å². The zero-order valence-corrected chi connectivity index (χ0v) is 15.8. The van der Waals surface area contributed by atoms with E-state index in [1.807, 2.05) is 0 Å². The lowest BCUT2D eigenvalue weighted by Gasteiger charge is -2.20. The molecule has 0 N–H and O–H groups in total. The monoisotopic (exact) mass is 392 g/mol. The molecule has 0 spiro atoms. The number of hydrogen-bond donors (Lipinski definition) is 0. The van der Waals surface area contributed by atoms with E-state index < -0.39 is 21.1 Å². The summed E-state index contributed by atoms with van der Waals surface area (Å²) in [7, 11) is -2.10. The van der Waals surface area contributed by atoms with E-state index in [1.54, 1.807) is 19.2 Å². The number of benzene rings is 1. The Balaban J connectivity index is 1.49. The quantitative estimate of drug-likeness (QED) is 0.798. The Labute approximate surface area is 157 Å². The number of aromatic nitrogens is 3. The van der Waals surface area contributed by atoms with Crippen LogP contribution in [-0.4, -0.2) is 46.4 Å². The second-order valence-corrected chi connectivity index (χ2v) is 9.56. The molecular formula is C18H21FN4O3S. The van der Waals surface area contributed by atoms with Gasteiger partial charge in [0.05, 0.1) is 5.25 Å². The summed E-state index contributed by atoms with van der Waals surface area (Å²) in [5.74, 6) is 0.280. The van der Waals surface area contributed by atoms with E-state index in [1.165, 1.54) is 17.0 Å². The third-order valence-electron chi connectivity index (χ3n) is 5.63. The maximum atomic E-state index is 13.3. The molecule has 2 aliphatic rings. The molecule has 0 saturated heterocycles. The molecule has 2 fully saturated rings. The van der Waals surface area contributed by atoms with Gasteiger partial charge in [0.2, 0.25) is 9.84 Å². The summed E-state index contributed by atoms with van der Waals surface area (Å²) >= 11 is 0. The predicted octanol–water partition coefficient (Wildman–Crippen LogP) is 2.48. The minimum atomic E-state index is -3.64. The van der Waals surface area contributed by atoms with Gasteiger partial charge in [-0.15, -0.1) is 5.10 Å².